The number of likely N-dealkylation sites (tertiary alicyclic amines) is 1. The number of aliphatic hydroxyl groups excluding tert-OH is 1. The van der Waals surface area contributed by atoms with Crippen molar-refractivity contribution in [3.63, 3.8) is 0 Å². The van der Waals surface area contributed by atoms with Crippen LogP contribution < -0.4 is 15.4 Å². The van der Waals surface area contributed by atoms with E-state index in [9.17, 15) is 19.5 Å². The Labute approximate surface area is 193 Å². The maximum Gasteiger partial charge on any atom is 0.250 e. The lowest BCUT2D eigenvalue weighted by Gasteiger charge is -2.36. The van der Waals surface area contributed by atoms with Gasteiger partial charge >= 0.3 is 0 Å². The van der Waals surface area contributed by atoms with Crippen molar-refractivity contribution in [3.05, 3.63) is 24.3 Å². The van der Waals surface area contributed by atoms with Crippen LogP contribution in [0.15, 0.2) is 24.3 Å². The summed E-state index contributed by atoms with van der Waals surface area (Å²) in [5.41, 5.74) is -1.31. The maximum absolute atomic E-state index is 13.7. The number of nitrogens with one attached hydrogen (secondary N) is 2. The van der Waals surface area contributed by atoms with Gasteiger partial charge in [0, 0.05) is 25.9 Å². The van der Waals surface area contributed by atoms with Crippen molar-refractivity contribution >= 4 is 23.4 Å². The van der Waals surface area contributed by atoms with Crippen LogP contribution in [0.5, 0.6) is 5.75 Å². The Morgan fingerprint density at radius 1 is 1.24 bits per heavy atom. The summed E-state index contributed by atoms with van der Waals surface area (Å²) in [7, 11) is 3.13. The molecular formula is C24H33N3O6. The van der Waals surface area contributed by atoms with E-state index in [0.29, 0.717) is 37.2 Å². The molecule has 33 heavy (non-hydrogen) atoms. The molecule has 9 heteroatoms. The van der Waals surface area contributed by atoms with Crippen molar-refractivity contribution < 1.29 is 29.0 Å². The van der Waals surface area contributed by atoms with E-state index >= 15 is 0 Å². The first-order valence-corrected chi connectivity index (χ1v) is 11.5. The predicted molar refractivity (Wildman–Crippen MR) is 120 cm³/mol. The van der Waals surface area contributed by atoms with E-state index in [4.69, 9.17) is 9.47 Å². The summed E-state index contributed by atoms with van der Waals surface area (Å²) < 4.78 is 11.8. The standard InChI is InChI=1S/C24H33N3O6/c1-14-13-24-18(17(20(29)25-3)23(14,2)33-24)22(31)27(11-5-6-12-28)19(24)21(30)26-15-7-9-16(32-4)10-8-15/h7-10,14,17-19,28H,5-6,11-13H2,1-4H3,(H,25,29)(H,26,30)/t14?,17-,18+,19?,23+,24?/m1/s1. The van der Waals surface area contributed by atoms with Gasteiger partial charge in [0.05, 0.1) is 24.5 Å². The van der Waals surface area contributed by atoms with Crippen LogP contribution in [0.4, 0.5) is 5.69 Å². The van der Waals surface area contributed by atoms with Gasteiger partial charge in [0.2, 0.25) is 17.7 Å². The van der Waals surface area contributed by atoms with E-state index < -0.39 is 29.1 Å². The molecule has 3 amide bonds. The fraction of sp³-hybridized carbons (Fsp3) is 0.625. The third kappa shape index (κ3) is 3.49. The number of hydrogen-bond acceptors (Lipinski definition) is 6. The molecule has 0 saturated carbocycles. The minimum absolute atomic E-state index is 0.00229. The molecule has 1 aromatic rings. The Morgan fingerprint density at radius 2 is 1.94 bits per heavy atom. The zero-order chi connectivity index (χ0) is 24.0. The highest BCUT2D eigenvalue weighted by Gasteiger charge is 2.79. The molecule has 180 valence electrons. The van der Waals surface area contributed by atoms with Crippen LogP contribution >= 0.6 is 0 Å². The monoisotopic (exact) mass is 459 g/mol. The van der Waals surface area contributed by atoms with Gasteiger partial charge in [-0.05, 0) is 56.4 Å². The van der Waals surface area contributed by atoms with E-state index in [1.807, 2.05) is 13.8 Å². The van der Waals surface area contributed by atoms with Crippen LogP contribution in [-0.2, 0) is 19.1 Å². The van der Waals surface area contributed by atoms with Crippen molar-refractivity contribution in [2.24, 2.45) is 17.8 Å². The molecule has 0 radical (unpaired) electrons. The van der Waals surface area contributed by atoms with Crippen molar-refractivity contribution in [2.75, 3.05) is 32.6 Å². The van der Waals surface area contributed by atoms with E-state index in [0.717, 1.165) is 0 Å². The predicted octanol–water partition coefficient (Wildman–Crippen LogP) is 1.16. The van der Waals surface area contributed by atoms with Gasteiger partial charge in [-0.25, -0.2) is 0 Å². The number of carbonyl (C=O) groups excluding carboxylic acids is 3. The number of ether oxygens (including phenoxy) is 2. The molecular weight excluding hydrogens is 426 g/mol. The SMILES string of the molecule is CNC(=O)[C@H]1[C@H]2C(=O)N(CCCCO)C(C(=O)Nc3ccc(OC)cc3)C23CC(C)[C@]1(C)O3. The second kappa shape index (κ2) is 8.61. The molecule has 3 aliphatic heterocycles. The van der Waals surface area contributed by atoms with E-state index in [-0.39, 0.29) is 30.2 Å². The number of hydrogen-bond donors (Lipinski definition) is 3. The van der Waals surface area contributed by atoms with Gasteiger partial charge in [-0.3, -0.25) is 14.4 Å². The Morgan fingerprint density at radius 3 is 2.55 bits per heavy atom. The molecule has 6 atom stereocenters. The zero-order valence-electron chi connectivity index (χ0n) is 19.6. The first-order chi connectivity index (χ1) is 15.7. The normalized spacial score (nSPS) is 34.3. The Bertz CT molecular complexity index is 937. The van der Waals surface area contributed by atoms with Crippen LogP contribution in [0.3, 0.4) is 0 Å². The summed E-state index contributed by atoms with van der Waals surface area (Å²) in [6.07, 6.45) is 1.58. The van der Waals surface area contributed by atoms with Gasteiger partial charge < -0.3 is 30.1 Å². The van der Waals surface area contributed by atoms with Crippen LogP contribution in [-0.4, -0.2) is 72.3 Å². The van der Waals surface area contributed by atoms with Gasteiger partial charge in [-0.2, -0.15) is 0 Å². The lowest BCUT2D eigenvalue weighted by molar-refractivity contribution is -0.146. The Hall–Kier alpha value is -2.65. The van der Waals surface area contributed by atoms with Crippen LogP contribution in [0, 0.1) is 17.8 Å². The number of methoxy groups -OCH3 is 1. The molecule has 0 aromatic heterocycles. The summed E-state index contributed by atoms with van der Waals surface area (Å²) >= 11 is 0. The van der Waals surface area contributed by atoms with Crippen LogP contribution in [0.2, 0.25) is 0 Å². The smallest absolute Gasteiger partial charge is 0.250 e. The highest BCUT2D eigenvalue weighted by molar-refractivity contribution is 6.03. The van der Waals surface area contributed by atoms with Crippen LogP contribution in [0.1, 0.15) is 33.1 Å². The Balaban J connectivity index is 1.71. The molecule has 3 aliphatic rings. The lowest BCUT2D eigenvalue weighted by Crippen LogP contribution is -2.54. The number of fused-ring (bicyclic) bond motifs is 1. The van der Waals surface area contributed by atoms with Gasteiger partial charge in [0.1, 0.15) is 17.4 Å². The topological polar surface area (TPSA) is 117 Å². The number of anilines is 1. The summed E-state index contributed by atoms with van der Waals surface area (Å²) in [6.45, 7) is 4.21. The summed E-state index contributed by atoms with van der Waals surface area (Å²) in [5.74, 6) is -1.53. The maximum atomic E-state index is 13.7. The van der Waals surface area contributed by atoms with E-state index in [1.54, 1.807) is 43.3 Å². The summed E-state index contributed by atoms with van der Waals surface area (Å²) in [4.78, 5) is 41.9. The number of amides is 3. The van der Waals surface area contributed by atoms with Crippen LogP contribution in [0.25, 0.3) is 0 Å². The van der Waals surface area contributed by atoms with Crippen molar-refractivity contribution in [1.29, 1.82) is 0 Å². The number of benzene rings is 1. The summed E-state index contributed by atoms with van der Waals surface area (Å²) in [5, 5.41) is 14.9. The molecule has 1 aromatic carbocycles. The zero-order valence-corrected chi connectivity index (χ0v) is 19.6. The molecule has 3 N–H and O–H groups in total. The summed E-state index contributed by atoms with van der Waals surface area (Å²) in [6, 6.07) is 6.11. The Kier molecular flexibility index (Phi) is 6.13. The second-order valence-electron chi connectivity index (χ2n) is 9.50. The minimum atomic E-state index is -1.07. The molecule has 3 saturated heterocycles. The van der Waals surface area contributed by atoms with Crippen molar-refractivity contribution in [1.82, 2.24) is 10.2 Å². The van der Waals surface area contributed by atoms with E-state index in [1.165, 1.54) is 0 Å². The molecule has 9 nitrogen and oxygen atoms in total. The number of unbranched alkanes of at least 4 members (excludes halogenated alkanes) is 1. The molecule has 1 spiro atoms. The number of nitrogens with zero attached hydrogens (tertiary/aromatic N) is 1. The number of carbonyl (C=O) groups is 3. The molecule has 0 aliphatic carbocycles. The quantitative estimate of drug-likeness (QED) is 0.503. The fourth-order valence-electron chi connectivity index (χ4n) is 6.11. The third-order valence-electron chi connectivity index (χ3n) is 7.76. The first kappa shape index (κ1) is 23.5. The fourth-order valence-corrected chi connectivity index (χ4v) is 6.11. The third-order valence-corrected chi connectivity index (χ3v) is 7.76. The number of aliphatic hydroxyl groups is 1. The van der Waals surface area contributed by atoms with Gasteiger partial charge in [0.15, 0.2) is 0 Å². The van der Waals surface area contributed by atoms with Gasteiger partial charge in [-0.1, -0.05) is 6.92 Å². The average molecular weight is 460 g/mol. The minimum Gasteiger partial charge on any atom is -0.497 e. The second-order valence-corrected chi connectivity index (χ2v) is 9.50. The molecule has 4 rings (SSSR count). The lowest BCUT2D eigenvalue weighted by atomic mass is 9.62. The van der Waals surface area contributed by atoms with Crippen molar-refractivity contribution in [3.8, 4) is 5.75 Å². The van der Waals surface area contributed by atoms with Crippen molar-refractivity contribution in [2.45, 2.75) is 50.4 Å². The molecule has 3 heterocycles. The first-order valence-electron chi connectivity index (χ1n) is 11.5. The highest BCUT2D eigenvalue weighted by Crippen LogP contribution is 2.65. The number of rotatable bonds is 8. The molecule has 2 bridgehead atoms. The molecule has 3 unspecified atom stereocenters. The average Bonchev–Trinajstić information content (AvgIpc) is 3.31. The molecule has 3 fully saturated rings. The van der Waals surface area contributed by atoms with E-state index in [2.05, 4.69) is 10.6 Å². The largest absolute Gasteiger partial charge is 0.497 e. The highest BCUT2D eigenvalue weighted by atomic mass is 16.5. The van der Waals surface area contributed by atoms with Gasteiger partial charge in [0.25, 0.3) is 0 Å². The van der Waals surface area contributed by atoms with Gasteiger partial charge in [-0.15, -0.1) is 0 Å².